The maximum atomic E-state index is 12.0. The van der Waals surface area contributed by atoms with Gasteiger partial charge < -0.3 is 15.5 Å². The van der Waals surface area contributed by atoms with Crippen molar-refractivity contribution in [3.8, 4) is 0 Å². The molecular weight excluding hydrogens is 344 g/mol. The van der Waals surface area contributed by atoms with Gasteiger partial charge in [-0.15, -0.1) is 0 Å². The molecule has 22 heavy (non-hydrogen) atoms. The van der Waals surface area contributed by atoms with Crippen molar-refractivity contribution in [3.63, 3.8) is 0 Å². The summed E-state index contributed by atoms with van der Waals surface area (Å²) in [5.41, 5.74) is 1.56. The van der Waals surface area contributed by atoms with Crippen molar-refractivity contribution >= 4 is 27.7 Å². The van der Waals surface area contributed by atoms with Gasteiger partial charge >= 0.3 is 0 Å². The smallest absolute Gasteiger partial charge is 0.229 e. The molecule has 2 aliphatic heterocycles. The van der Waals surface area contributed by atoms with E-state index in [1.807, 2.05) is 53.6 Å². The van der Waals surface area contributed by atoms with Crippen LogP contribution in [0.3, 0.4) is 0 Å². The van der Waals surface area contributed by atoms with E-state index in [0.717, 1.165) is 10.0 Å². The number of hydrogen-bond acceptors (Lipinski definition) is 4. The van der Waals surface area contributed by atoms with Gasteiger partial charge in [-0.25, -0.2) is 0 Å². The predicted molar refractivity (Wildman–Crippen MR) is 89.0 cm³/mol. The summed E-state index contributed by atoms with van der Waals surface area (Å²) in [5, 5.41) is 13.9. The van der Waals surface area contributed by atoms with Crippen LogP contribution >= 0.6 is 15.9 Å². The molecule has 0 radical (unpaired) electrons. The summed E-state index contributed by atoms with van der Waals surface area (Å²) in [6.45, 7) is 0. The number of rotatable bonds is 3. The van der Waals surface area contributed by atoms with E-state index < -0.39 is 0 Å². The van der Waals surface area contributed by atoms with E-state index in [0.29, 0.717) is 5.70 Å². The lowest BCUT2D eigenvalue weighted by Crippen LogP contribution is -2.39. The van der Waals surface area contributed by atoms with Gasteiger partial charge in [-0.3, -0.25) is 10.2 Å². The Morgan fingerprint density at radius 1 is 1.36 bits per heavy atom. The Bertz CT molecular complexity index is 693. The number of hydrogen-bond donors (Lipinski definition) is 3. The molecule has 1 atom stereocenters. The Labute approximate surface area is 137 Å². The van der Waals surface area contributed by atoms with Gasteiger partial charge in [-0.2, -0.15) is 0 Å². The third kappa shape index (κ3) is 3.12. The van der Waals surface area contributed by atoms with Crippen LogP contribution in [-0.2, 0) is 11.2 Å². The molecule has 0 saturated carbocycles. The van der Waals surface area contributed by atoms with Crippen LogP contribution in [-0.4, -0.2) is 22.8 Å². The molecule has 1 amide bonds. The maximum Gasteiger partial charge on any atom is 0.229 e. The molecule has 1 unspecified atom stereocenters. The molecule has 112 valence electrons. The van der Waals surface area contributed by atoms with E-state index in [1.54, 1.807) is 6.20 Å². The lowest BCUT2D eigenvalue weighted by atomic mass is 10.1. The second kappa shape index (κ2) is 6.19. The van der Waals surface area contributed by atoms with Crippen LogP contribution in [0.15, 0.2) is 65.1 Å². The van der Waals surface area contributed by atoms with Crippen molar-refractivity contribution in [1.29, 1.82) is 5.41 Å². The minimum absolute atomic E-state index is 0.0114. The number of benzene rings is 1. The molecule has 2 aliphatic rings. The minimum atomic E-state index is -0.198. The first-order chi connectivity index (χ1) is 10.6. The first-order valence-corrected chi connectivity index (χ1v) is 7.65. The Morgan fingerprint density at radius 2 is 2.14 bits per heavy atom. The van der Waals surface area contributed by atoms with Gasteiger partial charge in [0.05, 0.1) is 6.42 Å². The fraction of sp³-hybridized carbons (Fsp3) is 0.125. The first-order valence-electron chi connectivity index (χ1n) is 6.86. The second-order valence-electron chi connectivity index (χ2n) is 5.01. The van der Waals surface area contributed by atoms with Crippen molar-refractivity contribution < 1.29 is 4.79 Å². The fourth-order valence-electron chi connectivity index (χ4n) is 2.36. The molecule has 3 N–H and O–H groups in total. The van der Waals surface area contributed by atoms with E-state index in [1.165, 1.54) is 0 Å². The van der Waals surface area contributed by atoms with Crippen LogP contribution in [0.1, 0.15) is 5.56 Å². The molecule has 0 aliphatic carbocycles. The minimum Gasteiger partial charge on any atom is -0.366 e. The van der Waals surface area contributed by atoms with Crippen molar-refractivity contribution in [2.45, 2.75) is 12.6 Å². The molecule has 1 aromatic rings. The zero-order chi connectivity index (χ0) is 15.5. The van der Waals surface area contributed by atoms with E-state index in [9.17, 15) is 4.79 Å². The molecular formula is C16H15BrN4O. The monoisotopic (exact) mass is 358 g/mol. The molecule has 2 heterocycles. The van der Waals surface area contributed by atoms with Gasteiger partial charge in [-0.05, 0) is 33.6 Å². The Kier molecular flexibility index (Phi) is 4.11. The summed E-state index contributed by atoms with van der Waals surface area (Å²) in [6.07, 6.45) is 7.79. The summed E-state index contributed by atoms with van der Waals surface area (Å²) in [5.74, 6) is -0.112. The molecule has 0 spiro atoms. The highest BCUT2D eigenvalue weighted by Crippen LogP contribution is 2.24. The number of allylic oxidation sites excluding steroid dienone is 2. The van der Waals surface area contributed by atoms with Crippen molar-refractivity contribution in [2.24, 2.45) is 0 Å². The lowest BCUT2D eigenvalue weighted by molar-refractivity contribution is -0.119. The second-order valence-corrected chi connectivity index (χ2v) is 5.92. The van der Waals surface area contributed by atoms with Gasteiger partial charge in [0, 0.05) is 16.9 Å². The number of nitrogens with zero attached hydrogens (tertiary/aromatic N) is 1. The highest BCUT2D eigenvalue weighted by Gasteiger charge is 2.27. The first kappa shape index (κ1) is 14.6. The maximum absolute atomic E-state index is 12.0. The number of halogens is 1. The third-order valence-electron chi connectivity index (χ3n) is 3.40. The summed E-state index contributed by atoms with van der Waals surface area (Å²) in [4.78, 5) is 13.9. The van der Waals surface area contributed by atoms with Gasteiger partial charge in [0.2, 0.25) is 5.91 Å². The predicted octanol–water partition coefficient (Wildman–Crippen LogP) is 2.20. The number of amides is 1. The molecule has 0 aromatic heterocycles. The number of carbonyl (C=O) groups excluding carboxylic acids is 1. The van der Waals surface area contributed by atoms with Crippen LogP contribution in [0.2, 0.25) is 0 Å². The van der Waals surface area contributed by atoms with Gasteiger partial charge in [0.1, 0.15) is 11.9 Å². The molecule has 0 saturated heterocycles. The van der Waals surface area contributed by atoms with Gasteiger partial charge in [0.25, 0.3) is 0 Å². The zero-order valence-corrected chi connectivity index (χ0v) is 13.3. The van der Waals surface area contributed by atoms with E-state index in [-0.39, 0.29) is 24.3 Å². The highest BCUT2D eigenvalue weighted by atomic mass is 79.9. The number of nitrogens with one attached hydrogen (secondary N) is 3. The van der Waals surface area contributed by atoms with Gasteiger partial charge in [-0.1, -0.05) is 30.3 Å². The van der Waals surface area contributed by atoms with E-state index in [4.69, 9.17) is 5.41 Å². The Balaban J connectivity index is 1.63. The highest BCUT2D eigenvalue weighted by molar-refractivity contribution is 9.11. The quantitative estimate of drug-likeness (QED) is 0.573. The van der Waals surface area contributed by atoms with E-state index >= 15 is 0 Å². The Morgan fingerprint density at radius 3 is 2.91 bits per heavy atom. The summed E-state index contributed by atoms with van der Waals surface area (Å²) in [7, 11) is 0. The standard InChI is InChI=1S/C16H15BrN4O/c17-12-6-7-14-19-9-13(21(14)10-12)16(18)20-15(22)8-11-4-2-1-3-5-11/h1-7,9-10,14,19H,8H2,(H2,18,20,22). The molecule has 6 heteroatoms. The summed E-state index contributed by atoms with van der Waals surface area (Å²) in [6, 6.07) is 9.48. The lowest BCUT2D eigenvalue weighted by Gasteiger charge is -2.26. The third-order valence-corrected chi connectivity index (χ3v) is 3.87. The average molecular weight is 359 g/mol. The topological polar surface area (TPSA) is 68.2 Å². The average Bonchev–Trinajstić information content (AvgIpc) is 2.91. The van der Waals surface area contributed by atoms with Crippen LogP contribution in [0.25, 0.3) is 0 Å². The number of fused-ring (bicyclic) bond motifs is 1. The van der Waals surface area contributed by atoms with Gasteiger partial charge in [0.15, 0.2) is 5.84 Å². The van der Waals surface area contributed by atoms with Crippen LogP contribution < -0.4 is 10.6 Å². The van der Waals surface area contributed by atoms with Crippen LogP contribution in [0, 0.1) is 5.41 Å². The van der Waals surface area contributed by atoms with Crippen molar-refractivity contribution in [2.75, 3.05) is 0 Å². The van der Waals surface area contributed by atoms with Crippen molar-refractivity contribution in [3.05, 3.63) is 70.6 Å². The fourth-order valence-corrected chi connectivity index (χ4v) is 2.73. The number of carbonyl (C=O) groups is 1. The molecule has 1 aromatic carbocycles. The largest absolute Gasteiger partial charge is 0.366 e. The number of amidine groups is 1. The van der Waals surface area contributed by atoms with E-state index in [2.05, 4.69) is 26.6 Å². The summed E-state index contributed by atoms with van der Waals surface area (Å²) >= 11 is 3.42. The van der Waals surface area contributed by atoms with Crippen LogP contribution in [0.4, 0.5) is 0 Å². The van der Waals surface area contributed by atoms with Crippen molar-refractivity contribution in [1.82, 2.24) is 15.5 Å². The molecule has 3 rings (SSSR count). The molecule has 0 bridgehead atoms. The zero-order valence-electron chi connectivity index (χ0n) is 11.7. The normalized spacial score (nSPS) is 19.0. The Hall–Kier alpha value is -2.34. The molecule has 0 fully saturated rings. The SMILES string of the molecule is N=C(NC(=O)Cc1ccccc1)C1=CNC2C=CC(Br)=CN12. The molecule has 5 nitrogen and oxygen atoms in total. The van der Waals surface area contributed by atoms with Crippen LogP contribution in [0.5, 0.6) is 0 Å². The summed E-state index contributed by atoms with van der Waals surface area (Å²) < 4.78 is 0.918.